The van der Waals surface area contributed by atoms with Gasteiger partial charge in [0.05, 0.1) is 22.8 Å². The number of carbonyl (C=O) groups is 1. The number of piperazine rings is 1. The van der Waals surface area contributed by atoms with Crippen LogP contribution in [0.3, 0.4) is 0 Å². The maximum atomic E-state index is 10.7. The minimum Gasteiger partial charge on any atom is -0.453 e. The Hall–Kier alpha value is -1.17. The zero-order valence-corrected chi connectivity index (χ0v) is 17.9. The first-order chi connectivity index (χ1) is 13.0. The number of benzene rings is 1. The van der Waals surface area contributed by atoms with E-state index < -0.39 is 0 Å². The molecule has 3 rings (SSSR count). The lowest BCUT2D eigenvalue weighted by Crippen LogP contribution is -2.46. The van der Waals surface area contributed by atoms with Crippen molar-refractivity contribution in [3.63, 3.8) is 0 Å². The van der Waals surface area contributed by atoms with E-state index in [2.05, 4.69) is 26.8 Å². The number of amides is 1. The number of anilines is 1. The van der Waals surface area contributed by atoms with Crippen molar-refractivity contribution in [3.05, 3.63) is 28.2 Å². The summed E-state index contributed by atoms with van der Waals surface area (Å²) in [5.41, 5.74) is 1.06. The molecule has 1 amide bonds. The number of alkyl carbamates (subject to hydrolysis) is 1. The zero-order valence-electron chi connectivity index (χ0n) is 16.3. The van der Waals surface area contributed by atoms with Crippen LogP contribution in [0.2, 0.25) is 10.0 Å². The SMILES string of the molecule is CCN1CCN(c2cccc(Cl)c2Cl)CC1.COC(=O)NC1CCCCC1. The van der Waals surface area contributed by atoms with Crippen LogP contribution in [0.25, 0.3) is 0 Å². The highest BCUT2D eigenvalue weighted by Crippen LogP contribution is 2.32. The van der Waals surface area contributed by atoms with Crippen LogP contribution in [0.1, 0.15) is 39.0 Å². The Morgan fingerprint density at radius 2 is 1.81 bits per heavy atom. The summed E-state index contributed by atoms with van der Waals surface area (Å²) in [5, 5.41) is 4.12. The number of carbonyl (C=O) groups excluding carboxylic acids is 1. The molecular weight excluding hydrogens is 385 g/mol. The van der Waals surface area contributed by atoms with Crippen molar-refractivity contribution in [1.82, 2.24) is 10.2 Å². The van der Waals surface area contributed by atoms with E-state index in [0.717, 1.165) is 51.3 Å². The van der Waals surface area contributed by atoms with Crippen LogP contribution in [0.4, 0.5) is 10.5 Å². The van der Waals surface area contributed by atoms with Crippen molar-refractivity contribution < 1.29 is 9.53 Å². The summed E-state index contributed by atoms with van der Waals surface area (Å²) in [6.07, 6.45) is 5.68. The number of nitrogens with zero attached hydrogens (tertiary/aromatic N) is 2. The highest BCUT2D eigenvalue weighted by atomic mass is 35.5. The normalized spacial score (nSPS) is 18.4. The van der Waals surface area contributed by atoms with Crippen LogP contribution in [0, 0.1) is 0 Å². The number of hydrogen-bond donors (Lipinski definition) is 1. The van der Waals surface area contributed by atoms with Gasteiger partial charge in [0.2, 0.25) is 0 Å². The molecule has 7 heteroatoms. The highest BCUT2D eigenvalue weighted by molar-refractivity contribution is 6.43. The summed E-state index contributed by atoms with van der Waals surface area (Å²) >= 11 is 12.2. The summed E-state index contributed by atoms with van der Waals surface area (Å²) in [5.74, 6) is 0. The lowest BCUT2D eigenvalue weighted by atomic mass is 9.96. The average molecular weight is 416 g/mol. The highest BCUT2D eigenvalue weighted by Gasteiger charge is 2.18. The molecule has 1 aliphatic heterocycles. The second-order valence-electron chi connectivity index (χ2n) is 6.97. The van der Waals surface area contributed by atoms with E-state index in [1.807, 2.05) is 18.2 Å². The smallest absolute Gasteiger partial charge is 0.407 e. The number of ether oxygens (including phenoxy) is 1. The monoisotopic (exact) mass is 415 g/mol. The third kappa shape index (κ3) is 7.05. The first kappa shape index (κ1) is 22.1. The lowest BCUT2D eigenvalue weighted by molar-refractivity contribution is 0.163. The molecule has 27 heavy (non-hydrogen) atoms. The van der Waals surface area contributed by atoms with Gasteiger partial charge in [0.25, 0.3) is 0 Å². The quantitative estimate of drug-likeness (QED) is 0.768. The molecule has 1 saturated heterocycles. The van der Waals surface area contributed by atoms with Gasteiger partial charge in [-0.1, -0.05) is 55.5 Å². The van der Waals surface area contributed by atoms with E-state index in [-0.39, 0.29) is 6.09 Å². The van der Waals surface area contributed by atoms with Gasteiger partial charge in [-0.2, -0.15) is 0 Å². The summed E-state index contributed by atoms with van der Waals surface area (Å²) in [7, 11) is 1.40. The van der Waals surface area contributed by atoms with Gasteiger partial charge >= 0.3 is 6.09 Å². The van der Waals surface area contributed by atoms with Crippen LogP contribution in [-0.2, 0) is 4.74 Å². The van der Waals surface area contributed by atoms with Crippen molar-refractivity contribution in [1.29, 1.82) is 0 Å². The number of methoxy groups -OCH3 is 1. The van der Waals surface area contributed by atoms with Gasteiger partial charge < -0.3 is 19.9 Å². The second kappa shape index (κ2) is 11.6. The molecule has 2 aliphatic rings. The molecule has 1 aliphatic carbocycles. The summed E-state index contributed by atoms with van der Waals surface area (Å²) in [6, 6.07) is 6.18. The number of likely N-dealkylation sites (N-methyl/N-ethyl adjacent to an activating group) is 1. The van der Waals surface area contributed by atoms with Crippen molar-refractivity contribution in [2.75, 3.05) is 44.7 Å². The molecule has 152 valence electrons. The largest absolute Gasteiger partial charge is 0.453 e. The third-order valence-corrected chi connectivity index (χ3v) is 6.01. The van der Waals surface area contributed by atoms with E-state index in [0.29, 0.717) is 16.1 Å². The summed E-state index contributed by atoms with van der Waals surface area (Å²) in [6.45, 7) is 7.56. The molecule has 0 atom stereocenters. The summed E-state index contributed by atoms with van der Waals surface area (Å²) in [4.78, 5) is 15.5. The Labute approximate surface area is 172 Å². The molecule has 1 aromatic carbocycles. The maximum Gasteiger partial charge on any atom is 0.407 e. The first-order valence-electron chi connectivity index (χ1n) is 9.81. The van der Waals surface area contributed by atoms with Gasteiger partial charge in [-0.25, -0.2) is 4.79 Å². The molecule has 1 N–H and O–H groups in total. The first-order valence-corrected chi connectivity index (χ1v) is 10.6. The van der Waals surface area contributed by atoms with Gasteiger partial charge in [-0.15, -0.1) is 0 Å². The number of halogens is 2. The van der Waals surface area contributed by atoms with E-state index in [9.17, 15) is 4.79 Å². The molecular formula is C20H31Cl2N3O2. The predicted octanol–water partition coefficient (Wildman–Crippen LogP) is 4.81. The fourth-order valence-electron chi connectivity index (χ4n) is 3.51. The van der Waals surface area contributed by atoms with Crippen LogP contribution in [0.15, 0.2) is 18.2 Å². The molecule has 0 spiro atoms. The van der Waals surface area contributed by atoms with Crippen LogP contribution < -0.4 is 10.2 Å². The van der Waals surface area contributed by atoms with Crippen molar-refractivity contribution in [2.45, 2.75) is 45.1 Å². The number of nitrogens with one attached hydrogen (secondary N) is 1. The van der Waals surface area contributed by atoms with E-state index in [1.165, 1.54) is 26.4 Å². The minimum absolute atomic E-state index is 0.295. The van der Waals surface area contributed by atoms with Gasteiger partial charge in [0.15, 0.2) is 0 Å². The third-order valence-electron chi connectivity index (χ3n) is 5.20. The Morgan fingerprint density at radius 1 is 1.15 bits per heavy atom. The number of rotatable bonds is 3. The molecule has 2 fully saturated rings. The molecule has 0 aromatic heterocycles. The topological polar surface area (TPSA) is 44.8 Å². The van der Waals surface area contributed by atoms with Gasteiger partial charge in [0.1, 0.15) is 0 Å². The lowest BCUT2D eigenvalue weighted by Gasteiger charge is -2.36. The van der Waals surface area contributed by atoms with E-state index >= 15 is 0 Å². The van der Waals surface area contributed by atoms with Crippen LogP contribution in [-0.4, -0.2) is 56.9 Å². The average Bonchev–Trinajstić information content (AvgIpc) is 2.71. The van der Waals surface area contributed by atoms with Gasteiger partial charge in [0, 0.05) is 32.2 Å². The van der Waals surface area contributed by atoms with Crippen LogP contribution >= 0.6 is 23.2 Å². The van der Waals surface area contributed by atoms with E-state index in [4.69, 9.17) is 23.2 Å². The fourth-order valence-corrected chi connectivity index (χ4v) is 3.93. The van der Waals surface area contributed by atoms with Crippen molar-refractivity contribution in [3.8, 4) is 0 Å². The molecule has 5 nitrogen and oxygen atoms in total. The molecule has 0 radical (unpaired) electrons. The minimum atomic E-state index is -0.295. The van der Waals surface area contributed by atoms with E-state index in [1.54, 1.807) is 0 Å². The van der Waals surface area contributed by atoms with Crippen molar-refractivity contribution in [2.24, 2.45) is 0 Å². The Morgan fingerprint density at radius 3 is 2.41 bits per heavy atom. The second-order valence-corrected chi connectivity index (χ2v) is 7.75. The predicted molar refractivity (Wildman–Crippen MR) is 113 cm³/mol. The molecule has 1 saturated carbocycles. The number of hydrogen-bond acceptors (Lipinski definition) is 4. The maximum absolute atomic E-state index is 10.7. The molecule has 1 aromatic rings. The van der Waals surface area contributed by atoms with Gasteiger partial charge in [-0.05, 0) is 31.5 Å². The Bertz CT molecular complexity index is 587. The zero-order chi connectivity index (χ0) is 19.6. The Kier molecular flexibility index (Phi) is 9.52. The van der Waals surface area contributed by atoms with Crippen molar-refractivity contribution >= 4 is 35.0 Å². The molecule has 0 bridgehead atoms. The molecule has 0 unspecified atom stereocenters. The van der Waals surface area contributed by atoms with Gasteiger partial charge in [-0.3, -0.25) is 0 Å². The Balaban J connectivity index is 0.000000208. The summed E-state index contributed by atoms with van der Waals surface area (Å²) < 4.78 is 4.50. The fraction of sp³-hybridized carbons (Fsp3) is 0.650. The molecule has 1 heterocycles. The van der Waals surface area contributed by atoms with Crippen LogP contribution in [0.5, 0.6) is 0 Å². The standard InChI is InChI=1S/C12H16Cl2N2.C8H15NO2/c1-2-15-6-8-16(9-7-15)11-5-3-4-10(13)12(11)14;1-11-8(10)9-7-5-3-2-4-6-7/h3-5H,2,6-9H2,1H3;7H,2-6H2,1H3,(H,9,10).